The van der Waals surface area contributed by atoms with Crippen LogP contribution in [-0.2, 0) is 22.3 Å². The second-order valence-electron chi connectivity index (χ2n) is 8.33. The van der Waals surface area contributed by atoms with Crippen LogP contribution in [0.5, 0.6) is 11.5 Å². The molecule has 0 unspecified atom stereocenters. The summed E-state index contributed by atoms with van der Waals surface area (Å²) >= 11 is 0. The number of Topliss-reactive ketones (excluding diaryl/α,β-unsaturated/α-hetero) is 1. The van der Waals surface area contributed by atoms with Crippen molar-refractivity contribution in [3.8, 4) is 11.5 Å². The molecule has 2 aromatic carbocycles. The first-order chi connectivity index (χ1) is 16.1. The molecule has 0 fully saturated rings. The molecule has 0 aliphatic carbocycles. The van der Waals surface area contributed by atoms with Crippen LogP contribution in [0.15, 0.2) is 42.5 Å². The highest BCUT2D eigenvalue weighted by Crippen LogP contribution is 2.32. The Kier molecular flexibility index (Phi) is 8.36. The topological polar surface area (TPSA) is 72.8 Å². The van der Waals surface area contributed by atoms with Gasteiger partial charge in [-0.2, -0.15) is 13.2 Å². The molecule has 1 N–H and O–H groups in total. The molecule has 5 nitrogen and oxygen atoms in total. The van der Waals surface area contributed by atoms with E-state index in [1.54, 1.807) is 19.1 Å². The van der Waals surface area contributed by atoms with E-state index in [1.807, 2.05) is 0 Å². The number of carbonyl (C=O) groups is 2. The van der Waals surface area contributed by atoms with Crippen molar-refractivity contribution in [3.63, 3.8) is 0 Å². The first-order valence-corrected chi connectivity index (χ1v) is 11.2. The molecule has 0 amide bonds. The molecule has 3 rings (SSSR count). The van der Waals surface area contributed by atoms with Gasteiger partial charge >= 0.3 is 12.1 Å². The van der Waals surface area contributed by atoms with Crippen LogP contribution in [0, 0.1) is 0 Å². The first-order valence-electron chi connectivity index (χ1n) is 11.2. The highest BCUT2D eigenvalue weighted by atomic mass is 19.4. The number of ether oxygens (including phenoxy) is 2. The Hall–Kier alpha value is -3.29. The highest BCUT2D eigenvalue weighted by Gasteiger charge is 2.30. The van der Waals surface area contributed by atoms with Crippen molar-refractivity contribution in [2.24, 2.45) is 0 Å². The van der Waals surface area contributed by atoms with Crippen LogP contribution in [0.4, 0.5) is 13.2 Å². The number of aromatic hydroxyl groups is 1. The number of ketones is 1. The number of allylic oxidation sites excluding steroid dienone is 1. The maximum atomic E-state index is 13.0. The van der Waals surface area contributed by atoms with Crippen molar-refractivity contribution in [2.75, 3.05) is 0 Å². The standard InChI is InChI=1S/C26H27F3O5/c1-17-7-5-12-21(30)11-4-2-3-9-19-14-22(15-23(31)24(19)25(32)34-17)33-16-18-8-6-10-20(13-18)26(27,28)29/h3,6,8-10,13-15,17,31H,2,4-5,7,11-12,16H2,1H3/t17-/m0/s1. The third-order valence-electron chi connectivity index (χ3n) is 5.48. The minimum atomic E-state index is -4.46. The molecule has 1 atom stereocenters. The smallest absolute Gasteiger partial charge is 0.416 e. The molecule has 0 spiro atoms. The van der Waals surface area contributed by atoms with Crippen LogP contribution in [0.2, 0.25) is 0 Å². The van der Waals surface area contributed by atoms with Gasteiger partial charge < -0.3 is 14.6 Å². The van der Waals surface area contributed by atoms with Crippen molar-refractivity contribution >= 4 is 17.8 Å². The van der Waals surface area contributed by atoms with Gasteiger partial charge in [0.05, 0.1) is 11.7 Å². The zero-order chi connectivity index (χ0) is 24.7. The van der Waals surface area contributed by atoms with E-state index in [4.69, 9.17) is 9.47 Å². The van der Waals surface area contributed by atoms with Gasteiger partial charge in [0.15, 0.2) is 0 Å². The molecule has 0 radical (unpaired) electrons. The molecule has 1 aliphatic heterocycles. The SMILES string of the molecule is C[C@H]1CCCC(=O)CCCC=Cc2cc(OCc3cccc(C(F)(F)F)c3)cc(O)c2C(=O)O1. The normalized spacial score (nSPS) is 18.1. The zero-order valence-electron chi connectivity index (χ0n) is 18.9. The van der Waals surface area contributed by atoms with Gasteiger partial charge in [0.25, 0.3) is 0 Å². The maximum absolute atomic E-state index is 13.0. The summed E-state index contributed by atoms with van der Waals surface area (Å²) in [6, 6.07) is 7.56. The van der Waals surface area contributed by atoms with Crippen LogP contribution in [0.25, 0.3) is 6.08 Å². The lowest BCUT2D eigenvalue weighted by molar-refractivity contribution is -0.137. The Morgan fingerprint density at radius 1 is 1.12 bits per heavy atom. The van der Waals surface area contributed by atoms with Gasteiger partial charge in [0.1, 0.15) is 29.5 Å². The Balaban J connectivity index is 1.84. The summed E-state index contributed by atoms with van der Waals surface area (Å²) in [6.45, 7) is 1.57. The number of halogens is 3. The second kappa shape index (κ2) is 11.2. The summed E-state index contributed by atoms with van der Waals surface area (Å²) in [5.74, 6) is -0.680. The Morgan fingerprint density at radius 3 is 2.65 bits per heavy atom. The lowest BCUT2D eigenvalue weighted by atomic mass is 10.0. The fraction of sp³-hybridized carbons (Fsp3) is 0.385. The van der Waals surface area contributed by atoms with Crippen LogP contribution in [-0.4, -0.2) is 23.0 Å². The van der Waals surface area contributed by atoms with Crippen LogP contribution in [0.3, 0.4) is 0 Å². The van der Waals surface area contributed by atoms with Crippen LogP contribution in [0.1, 0.15) is 72.5 Å². The minimum Gasteiger partial charge on any atom is -0.507 e. The van der Waals surface area contributed by atoms with E-state index in [-0.39, 0.29) is 29.5 Å². The van der Waals surface area contributed by atoms with E-state index in [0.29, 0.717) is 49.7 Å². The van der Waals surface area contributed by atoms with Crippen molar-refractivity contribution < 1.29 is 37.3 Å². The molecule has 182 valence electrons. The van der Waals surface area contributed by atoms with E-state index >= 15 is 0 Å². The number of alkyl halides is 3. The van der Waals surface area contributed by atoms with Gasteiger partial charge in [0, 0.05) is 18.9 Å². The fourth-order valence-electron chi connectivity index (χ4n) is 3.70. The molecular weight excluding hydrogens is 449 g/mol. The minimum absolute atomic E-state index is 0.0114. The third kappa shape index (κ3) is 7.10. The Bertz CT molecular complexity index is 1060. The number of cyclic esters (lactones) is 1. The molecule has 0 bridgehead atoms. The van der Waals surface area contributed by atoms with E-state index in [0.717, 1.165) is 12.1 Å². The maximum Gasteiger partial charge on any atom is 0.416 e. The Morgan fingerprint density at radius 2 is 1.88 bits per heavy atom. The van der Waals surface area contributed by atoms with Crippen LogP contribution < -0.4 is 4.74 Å². The first kappa shape index (κ1) is 25.3. The van der Waals surface area contributed by atoms with E-state index in [2.05, 4.69) is 0 Å². The molecular formula is C26H27F3O5. The molecule has 1 aliphatic rings. The average Bonchev–Trinajstić information content (AvgIpc) is 2.76. The lowest BCUT2D eigenvalue weighted by Crippen LogP contribution is -2.17. The summed E-state index contributed by atoms with van der Waals surface area (Å²) in [4.78, 5) is 24.7. The molecule has 2 aromatic rings. The summed E-state index contributed by atoms with van der Waals surface area (Å²) in [7, 11) is 0. The van der Waals surface area contributed by atoms with Gasteiger partial charge in [-0.1, -0.05) is 24.3 Å². The van der Waals surface area contributed by atoms with E-state index in [1.165, 1.54) is 24.3 Å². The number of esters is 1. The van der Waals surface area contributed by atoms with Gasteiger partial charge in [0.2, 0.25) is 0 Å². The van der Waals surface area contributed by atoms with E-state index in [9.17, 15) is 27.9 Å². The molecule has 1 heterocycles. The summed E-state index contributed by atoms with van der Waals surface area (Å²) in [5, 5.41) is 10.6. The largest absolute Gasteiger partial charge is 0.507 e. The summed E-state index contributed by atoms with van der Waals surface area (Å²) < 4.78 is 49.9. The van der Waals surface area contributed by atoms with Crippen molar-refractivity contribution in [2.45, 2.75) is 64.3 Å². The number of phenols is 1. The number of hydrogen-bond acceptors (Lipinski definition) is 5. The number of rotatable bonds is 3. The number of hydrogen-bond donors (Lipinski definition) is 1. The van der Waals surface area contributed by atoms with Crippen LogP contribution >= 0.6 is 0 Å². The van der Waals surface area contributed by atoms with Gasteiger partial charge in [-0.25, -0.2) is 4.79 Å². The van der Waals surface area contributed by atoms with E-state index < -0.39 is 23.8 Å². The predicted octanol–water partition coefficient (Wildman–Crippen LogP) is 6.47. The molecule has 0 aromatic heterocycles. The summed E-state index contributed by atoms with van der Waals surface area (Å²) in [5.41, 5.74) is -0.121. The number of benzene rings is 2. The average molecular weight is 476 g/mol. The highest BCUT2D eigenvalue weighted by molar-refractivity contribution is 5.97. The van der Waals surface area contributed by atoms with Crippen molar-refractivity contribution in [1.29, 1.82) is 0 Å². The second-order valence-corrected chi connectivity index (χ2v) is 8.33. The monoisotopic (exact) mass is 476 g/mol. The lowest BCUT2D eigenvalue weighted by Gasteiger charge is -2.17. The molecule has 0 saturated carbocycles. The summed E-state index contributed by atoms with van der Waals surface area (Å²) in [6.07, 6.45) is 1.88. The number of fused-ring (bicyclic) bond motifs is 1. The molecule has 0 saturated heterocycles. The quantitative estimate of drug-likeness (QED) is 0.514. The van der Waals surface area contributed by atoms with Gasteiger partial charge in [-0.05, 0) is 61.9 Å². The van der Waals surface area contributed by atoms with Gasteiger partial charge in [-0.15, -0.1) is 0 Å². The fourth-order valence-corrected chi connectivity index (χ4v) is 3.70. The predicted molar refractivity (Wildman–Crippen MR) is 121 cm³/mol. The molecule has 34 heavy (non-hydrogen) atoms. The third-order valence-corrected chi connectivity index (χ3v) is 5.48. The zero-order valence-corrected chi connectivity index (χ0v) is 18.9. The van der Waals surface area contributed by atoms with Crippen molar-refractivity contribution in [3.05, 3.63) is 64.7 Å². The Labute approximate surface area is 196 Å². The van der Waals surface area contributed by atoms with Gasteiger partial charge in [-0.3, -0.25) is 4.79 Å². The number of carbonyl (C=O) groups excluding carboxylic acids is 2. The van der Waals surface area contributed by atoms with Crippen molar-refractivity contribution in [1.82, 2.24) is 0 Å². The number of phenolic OH excluding ortho intramolecular Hbond substituents is 1. The molecule has 8 heteroatoms.